The molecule has 154 valence electrons. The van der Waals surface area contributed by atoms with Crippen LogP contribution in [0.5, 0.6) is 5.88 Å². The van der Waals surface area contributed by atoms with E-state index in [2.05, 4.69) is 14.8 Å². The van der Waals surface area contributed by atoms with E-state index in [1.54, 1.807) is 7.11 Å². The van der Waals surface area contributed by atoms with Gasteiger partial charge in [-0.1, -0.05) is 19.9 Å². The monoisotopic (exact) mass is 388 g/mol. The van der Waals surface area contributed by atoms with Crippen LogP contribution in [-0.2, 0) is 9.59 Å². The number of anilines is 1. The van der Waals surface area contributed by atoms with Crippen molar-refractivity contribution in [3.63, 3.8) is 0 Å². The van der Waals surface area contributed by atoms with Crippen molar-refractivity contribution < 1.29 is 14.3 Å². The number of unbranched alkanes of at least 4 members (excludes halogenated alkanes) is 1. The van der Waals surface area contributed by atoms with Crippen LogP contribution < -0.4 is 9.64 Å². The lowest BCUT2D eigenvalue weighted by Crippen LogP contribution is -2.47. The van der Waals surface area contributed by atoms with Crippen LogP contribution in [0.15, 0.2) is 18.2 Å². The number of rotatable bonds is 7. The largest absolute Gasteiger partial charge is 0.481 e. The van der Waals surface area contributed by atoms with Crippen molar-refractivity contribution in [2.45, 2.75) is 39.5 Å². The third-order valence-corrected chi connectivity index (χ3v) is 5.58. The lowest BCUT2D eigenvalue weighted by molar-refractivity contribution is -0.152. The zero-order valence-electron chi connectivity index (χ0n) is 17.3. The molecular formula is C21H32N4O3. The molecule has 0 saturated carbocycles. The minimum atomic E-state index is -0.192. The quantitative estimate of drug-likeness (QED) is 0.527. The number of piperazine rings is 1. The molecule has 0 atom stereocenters. The van der Waals surface area contributed by atoms with Gasteiger partial charge in [0.15, 0.2) is 0 Å². The molecule has 1 aromatic heterocycles. The van der Waals surface area contributed by atoms with Crippen molar-refractivity contribution in [3.05, 3.63) is 18.2 Å². The zero-order chi connectivity index (χ0) is 20.1. The second-order valence-electron chi connectivity index (χ2n) is 8.53. The molecule has 2 aliphatic rings. The van der Waals surface area contributed by atoms with Crippen molar-refractivity contribution in [2.24, 2.45) is 5.41 Å². The first-order chi connectivity index (χ1) is 13.4. The minimum Gasteiger partial charge on any atom is -0.481 e. The van der Waals surface area contributed by atoms with Gasteiger partial charge in [0.1, 0.15) is 5.82 Å². The molecular weight excluding hydrogens is 356 g/mol. The van der Waals surface area contributed by atoms with Gasteiger partial charge in [-0.15, -0.1) is 0 Å². The van der Waals surface area contributed by atoms with Crippen LogP contribution >= 0.6 is 0 Å². The summed E-state index contributed by atoms with van der Waals surface area (Å²) >= 11 is 0. The first-order valence-electron chi connectivity index (χ1n) is 10.2. The lowest BCUT2D eigenvalue weighted by atomic mass is 9.82. The number of piperidine rings is 1. The lowest BCUT2D eigenvalue weighted by Gasteiger charge is -2.36. The number of nitrogens with zero attached hydrogens (tertiary/aromatic N) is 4. The average molecular weight is 389 g/mol. The van der Waals surface area contributed by atoms with Crippen LogP contribution in [0.2, 0.25) is 0 Å². The van der Waals surface area contributed by atoms with Crippen LogP contribution in [0.3, 0.4) is 0 Å². The first-order valence-corrected chi connectivity index (χ1v) is 10.2. The number of hydrogen-bond acceptors (Lipinski definition) is 6. The van der Waals surface area contributed by atoms with E-state index in [0.717, 1.165) is 51.4 Å². The Bertz CT molecular complexity index is 679. The zero-order valence-corrected chi connectivity index (χ0v) is 17.3. The number of carbonyl (C=O) groups is 2. The first kappa shape index (κ1) is 20.6. The van der Waals surface area contributed by atoms with Gasteiger partial charge in [-0.3, -0.25) is 19.4 Å². The predicted octanol–water partition coefficient (Wildman–Crippen LogP) is 2.17. The van der Waals surface area contributed by atoms with Gasteiger partial charge in [0.25, 0.3) is 0 Å². The third kappa shape index (κ3) is 5.22. The molecule has 0 spiro atoms. The molecule has 0 aromatic carbocycles. The third-order valence-electron chi connectivity index (χ3n) is 5.58. The number of methoxy groups -OCH3 is 1. The summed E-state index contributed by atoms with van der Waals surface area (Å²) in [5.74, 6) is 1.58. The fourth-order valence-corrected chi connectivity index (χ4v) is 3.96. The average Bonchev–Trinajstić information content (AvgIpc) is 2.66. The Balaban J connectivity index is 1.37. The van der Waals surface area contributed by atoms with E-state index in [1.807, 2.05) is 32.0 Å². The topological polar surface area (TPSA) is 66.0 Å². The molecule has 3 heterocycles. The van der Waals surface area contributed by atoms with Crippen LogP contribution in [0.1, 0.15) is 39.5 Å². The highest BCUT2D eigenvalue weighted by Gasteiger charge is 2.36. The molecule has 7 nitrogen and oxygen atoms in total. The van der Waals surface area contributed by atoms with E-state index in [-0.39, 0.29) is 17.2 Å². The second-order valence-corrected chi connectivity index (χ2v) is 8.53. The van der Waals surface area contributed by atoms with Crippen LogP contribution in [-0.4, -0.2) is 73.0 Å². The SMILES string of the molecule is COc1cccc(N2CCN(CCCCN3C(=O)CC(C)(C)CC3=O)CC2)n1. The summed E-state index contributed by atoms with van der Waals surface area (Å²) in [6.07, 6.45) is 2.81. The smallest absolute Gasteiger partial charge is 0.229 e. The number of pyridine rings is 1. The fourth-order valence-electron chi connectivity index (χ4n) is 3.96. The van der Waals surface area contributed by atoms with E-state index in [4.69, 9.17) is 4.74 Å². The Morgan fingerprint density at radius 1 is 1.00 bits per heavy atom. The van der Waals surface area contributed by atoms with E-state index in [1.165, 1.54) is 4.90 Å². The summed E-state index contributed by atoms with van der Waals surface area (Å²) in [6, 6.07) is 5.85. The Morgan fingerprint density at radius 3 is 2.29 bits per heavy atom. The molecule has 2 amide bonds. The number of amides is 2. The molecule has 2 aliphatic heterocycles. The number of imide groups is 1. The van der Waals surface area contributed by atoms with E-state index in [0.29, 0.717) is 25.3 Å². The Morgan fingerprint density at radius 2 is 1.64 bits per heavy atom. The molecule has 0 bridgehead atoms. The Hall–Kier alpha value is -2.15. The van der Waals surface area contributed by atoms with E-state index in [9.17, 15) is 9.59 Å². The highest BCUT2D eigenvalue weighted by atomic mass is 16.5. The number of hydrogen-bond donors (Lipinski definition) is 0. The summed E-state index contributed by atoms with van der Waals surface area (Å²) < 4.78 is 5.21. The normalized spacial score (nSPS) is 20.5. The van der Waals surface area contributed by atoms with Crippen molar-refractivity contribution in [2.75, 3.05) is 51.3 Å². The molecule has 0 radical (unpaired) electrons. The molecule has 0 aliphatic carbocycles. The maximum Gasteiger partial charge on any atom is 0.229 e. The maximum absolute atomic E-state index is 12.2. The van der Waals surface area contributed by atoms with Gasteiger partial charge >= 0.3 is 0 Å². The maximum atomic E-state index is 12.2. The van der Waals surface area contributed by atoms with Crippen molar-refractivity contribution in [1.29, 1.82) is 0 Å². The fraction of sp³-hybridized carbons (Fsp3) is 0.667. The van der Waals surface area contributed by atoms with Gasteiger partial charge in [-0.25, -0.2) is 0 Å². The van der Waals surface area contributed by atoms with Crippen LogP contribution in [0, 0.1) is 5.41 Å². The molecule has 3 rings (SSSR count). The van der Waals surface area contributed by atoms with E-state index < -0.39 is 0 Å². The molecule has 7 heteroatoms. The molecule has 0 unspecified atom stereocenters. The Labute approximate surface area is 167 Å². The molecule has 0 N–H and O–H groups in total. The van der Waals surface area contributed by atoms with Crippen molar-refractivity contribution >= 4 is 17.6 Å². The number of carbonyl (C=O) groups excluding carboxylic acids is 2. The van der Waals surface area contributed by atoms with Gasteiger partial charge in [-0.05, 0) is 30.9 Å². The summed E-state index contributed by atoms with van der Waals surface area (Å²) in [4.78, 5) is 35.1. The summed E-state index contributed by atoms with van der Waals surface area (Å²) in [6.45, 7) is 9.41. The van der Waals surface area contributed by atoms with Crippen LogP contribution in [0.25, 0.3) is 0 Å². The van der Waals surface area contributed by atoms with Gasteiger partial charge in [0, 0.05) is 51.6 Å². The van der Waals surface area contributed by atoms with E-state index >= 15 is 0 Å². The second kappa shape index (κ2) is 8.90. The van der Waals surface area contributed by atoms with Crippen molar-refractivity contribution in [3.8, 4) is 5.88 Å². The van der Waals surface area contributed by atoms with Crippen molar-refractivity contribution in [1.82, 2.24) is 14.8 Å². The minimum absolute atomic E-state index is 0.0133. The molecule has 28 heavy (non-hydrogen) atoms. The highest BCUT2D eigenvalue weighted by Crippen LogP contribution is 2.31. The standard InChI is InChI=1S/C21H32N4O3/c1-21(2)15-19(26)25(20(27)16-21)10-5-4-9-23-11-13-24(14-12-23)17-7-6-8-18(22-17)28-3/h6-8H,4-5,9-16H2,1-3H3. The molecule has 1 aromatic rings. The van der Waals surface area contributed by atoms with Gasteiger partial charge in [-0.2, -0.15) is 4.98 Å². The summed E-state index contributed by atoms with van der Waals surface area (Å²) in [5, 5.41) is 0. The summed E-state index contributed by atoms with van der Waals surface area (Å²) in [5.41, 5.74) is -0.192. The van der Waals surface area contributed by atoms with Gasteiger partial charge in [0.2, 0.25) is 17.7 Å². The van der Waals surface area contributed by atoms with Gasteiger partial charge in [0.05, 0.1) is 7.11 Å². The van der Waals surface area contributed by atoms with Crippen LogP contribution in [0.4, 0.5) is 5.82 Å². The number of aromatic nitrogens is 1. The van der Waals surface area contributed by atoms with Gasteiger partial charge < -0.3 is 9.64 Å². The number of ether oxygens (including phenoxy) is 1. The molecule has 2 fully saturated rings. The predicted molar refractivity (Wildman–Crippen MR) is 108 cm³/mol. The Kier molecular flexibility index (Phi) is 6.54. The number of likely N-dealkylation sites (tertiary alicyclic amines) is 1. The summed E-state index contributed by atoms with van der Waals surface area (Å²) in [7, 11) is 1.63. The highest BCUT2D eigenvalue weighted by molar-refractivity contribution is 5.98. The molecule has 2 saturated heterocycles.